The summed E-state index contributed by atoms with van der Waals surface area (Å²) in [5.41, 5.74) is 0.425. The Morgan fingerprint density at radius 1 is 1.20 bits per heavy atom. The van der Waals surface area contributed by atoms with E-state index < -0.39 is 6.10 Å². The quantitative estimate of drug-likeness (QED) is 0.707. The topological polar surface area (TPSA) is 20.2 Å². The first kappa shape index (κ1) is 12.2. The average Bonchev–Trinajstić information content (AvgIpc) is 2.25. The molecule has 0 saturated heterocycles. The van der Waals surface area contributed by atoms with E-state index in [9.17, 15) is 9.50 Å². The van der Waals surface area contributed by atoms with E-state index in [2.05, 4.69) is 6.92 Å². The van der Waals surface area contributed by atoms with Crippen LogP contribution in [0.5, 0.6) is 0 Å². The van der Waals surface area contributed by atoms with Crippen LogP contribution < -0.4 is 0 Å². The van der Waals surface area contributed by atoms with Crippen LogP contribution in [0.15, 0.2) is 24.3 Å². The van der Waals surface area contributed by atoms with Crippen LogP contribution in [0.25, 0.3) is 0 Å². The van der Waals surface area contributed by atoms with E-state index >= 15 is 0 Å². The lowest BCUT2D eigenvalue weighted by atomic mass is 10.0. The zero-order valence-corrected chi connectivity index (χ0v) is 9.25. The van der Waals surface area contributed by atoms with Crippen LogP contribution in [0.2, 0.25) is 0 Å². The molecular weight excluding hydrogens is 191 g/mol. The van der Waals surface area contributed by atoms with Crippen molar-refractivity contribution < 1.29 is 9.50 Å². The summed E-state index contributed by atoms with van der Waals surface area (Å²) >= 11 is 0. The molecule has 1 N–H and O–H groups in total. The van der Waals surface area contributed by atoms with Crippen molar-refractivity contribution >= 4 is 0 Å². The van der Waals surface area contributed by atoms with Crippen molar-refractivity contribution in [1.29, 1.82) is 0 Å². The number of hydrogen-bond acceptors (Lipinski definition) is 1. The van der Waals surface area contributed by atoms with E-state index in [-0.39, 0.29) is 5.82 Å². The maximum atomic E-state index is 13.3. The predicted octanol–water partition coefficient (Wildman–Crippen LogP) is 3.83. The second kappa shape index (κ2) is 6.57. The van der Waals surface area contributed by atoms with Crippen molar-refractivity contribution in [3.8, 4) is 0 Å². The zero-order chi connectivity index (χ0) is 11.1. The van der Waals surface area contributed by atoms with Gasteiger partial charge in [-0.05, 0) is 12.5 Å². The molecule has 0 radical (unpaired) electrons. The maximum Gasteiger partial charge on any atom is 0.128 e. The highest BCUT2D eigenvalue weighted by molar-refractivity contribution is 5.19. The molecule has 1 nitrogen and oxygen atoms in total. The van der Waals surface area contributed by atoms with Crippen molar-refractivity contribution in [2.45, 2.75) is 45.1 Å². The van der Waals surface area contributed by atoms with Gasteiger partial charge in [-0.25, -0.2) is 4.39 Å². The Morgan fingerprint density at radius 3 is 2.60 bits per heavy atom. The van der Waals surface area contributed by atoms with Crippen LogP contribution in [-0.4, -0.2) is 5.11 Å². The van der Waals surface area contributed by atoms with Crippen LogP contribution >= 0.6 is 0 Å². The van der Waals surface area contributed by atoms with Crippen molar-refractivity contribution in [1.82, 2.24) is 0 Å². The van der Waals surface area contributed by atoms with E-state index in [1.165, 1.54) is 18.9 Å². The standard InChI is InChI=1S/C13H19FO/c1-2-3-4-5-10-13(15)11-8-6-7-9-12(11)14/h6-9,13,15H,2-5,10H2,1H3. The number of hydrogen-bond donors (Lipinski definition) is 1. The Kier molecular flexibility index (Phi) is 5.33. The molecule has 1 aromatic carbocycles. The van der Waals surface area contributed by atoms with Gasteiger partial charge in [0.25, 0.3) is 0 Å². The molecule has 1 rings (SSSR count). The normalized spacial score (nSPS) is 12.7. The first-order valence-corrected chi connectivity index (χ1v) is 5.68. The number of aliphatic hydroxyl groups is 1. The van der Waals surface area contributed by atoms with Crippen LogP contribution in [0.4, 0.5) is 4.39 Å². The van der Waals surface area contributed by atoms with Gasteiger partial charge in [0.1, 0.15) is 5.82 Å². The summed E-state index contributed by atoms with van der Waals surface area (Å²) in [4.78, 5) is 0. The van der Waals surface area contributed by atoms with Gasteiger partial charge in [0.05, 0.1) is 6.10 Å². The minimum absolute atomic E-state index is 0.305. The molecule has 0 fully saturated rings. The molecular formula is C13H19FO. The summed E-state index contributed by atoms with van der Waals surface area (Å²) < 4.78 is 13.3. The molecule has 1 atom stereocenters. The third-order valence-corrected chi connectivity index (χ3v) is 2.60. The molecule has 2 heteroatoms. The van der Waals surface area contributed by atoms with Crippen molar-refractivity contribution in [2.75, 3.05) is 0 Å². The van der Waals surface area contributed by atoms with Crippen molar-refractivity contribution in [2.24, 2.45) is 0 Å². The number of halogens is 1. The third kappa shape index (κ3) is 4.00. The molecule has 0 aliphatic carbocycles. The number of rotatable bonds is 6. The molecule has 0 aliphatic heterocycles. The number of aliphatic hydroxyl groups excluding tert-OH is 1. The monoisotopic (exact) mass is 210 g/mol. The fraction of sp³-hybridized carbons (Fsp3) is 0.538. The molecule has 0 heterocycles. The van der Waals surface area contributed by atoms with Crippen LogP contribution in [0.1, 0.15) is 50.7 Å². The maximum absolute atomic E-state index is 13.3. The highest BCUT2D eigenvalue weighted by atomic mass is 19.1. The summed E-state index contributed by atoms with van der Waals surface area (Å²) in [6, 6.07) is 6.45. The zero-order valence-electron chi connectivity index (χ0n) is 9.25. The molecule has 0 bridgehead atoms. The third-order valence-electron chi connectivity index (χ3n) is 2.60. The SMILES string of the molecule is CCCCCCC(O)c1ccccc1F. The van der Waals surface area contributed by atoms with Crippen LogP contribution in [0.3, 0.4) is 0 Å². The lowest BCUT2D eigenvalue weighted by molar-refractivity contribution is 0.159. The molecule has 1 aromatic rings. The highest BCUT2D eigenvalue weighted by Gasteiger charge is 2.10. The molecule has 15 heavy (non-hydrogen) atoms. The number of unbranched alkanes of at least 4 members (excludes halogenated alkanes) is 3. The Morgan fingerprint density at radius 2 is 1.93 bits per heavy atom. The fourth-order valence-corrected chi connectivity index (χ4v) is 1.67. The highest BCUT2D eigenvalue weighted by Crippen LogP contribution is 2.22. The van der Waals surface area contributed by atoms with E-state index in [0.717, 1.165) is 12.8 Å². The predicted molar refractivity (Wildman–Crippen MR) is 60.1 cm³/mol. The van der Waals surface area contributed by atoms with E-state index in [4.69, 9.17) is 0 Å². The summed E-state index contributed by atoms with van der Waals surface area (Å²) in [6.45, 7) is 2.15. The van der Waals surface area contributed by atoms with E-state index in [1.807, 2.05) is 0 Å². The summed E-state index contributed by atoms with van der Waals surface area (Å²) in [6.07, 6.45) is 4.44. The van der Waals surface area contributed by atoms with Gasteiger partial charge >= 0.3 is 0 Å². The fourth-order valence-electron chi connectivity index (χ4n) is 1.67. The van der Waals surface area contributed by atoms with Gasteiger partial charge in [0, 0.05) is 5.56 Å². The van der Waals surface area contributed by atoms with Gasteiger partial charge in [0.15, 0.2) is 0 Å². The minimum Gasteiger partial charge on any atom is -0.388 e. The van der Waals surface area contributed by atoms with Gasteiger partial charge in [-0.15, -0.1) is 0 Å². The molecule has 0 aliphatic rings. The van der Waals surface area contributed by atoms with Crippen LogP contribution in [0, 0.1) is 5.82 Å². The van der Waals surface area contributed by atoms with Gasteiger partial charge in [0.2, 0.25) is 0 Å². The second-order valence-corrected chi connectivity index (χ2v) is 3.89. The molecule has 0 saturated carbocycles. The summed E-state index contributed by atoms with van der Waals surface area (Å²) in [7, 11) is 0. The Hall–Kier alpha value is -0.890. The largest absolute Gasteiger partial charge is 0.388 e. The average molecular weight is 210 g/mol. The van der Waals surface area contributed by atoms with E-state index in [0.29, 0.717) is 12.0 Å². The summed E-state index contributed by atoms with van der Waals surface area (Å²) in [5, 5.41) is 9.76. The lowest BCUT2D eigenvalue weighted by Gasteiger charge is -2.11. The first-order chi connectivity index (χ1) is 7.25. The number of benzene rings is 1. The first-order valence-electron chi connectivity index (χ1n) is 5.68. The van der Waals surface area contributed by atoms with Crippen molar-refractivity contribution in [3.63, 3.8) is 0 Å². The molecule has 84 valence electrons. The van der Waals surface area contributed by atoms with Crippen molar-refractivity contribution in [3.05, 3.63) is 35.6 Å². The smallest absolute Gasteiger partial charge is 0.128 e. The van der Waals surface area contributed by atoms with Gasteiger partial charge in [-0.1, -0.05) is 50.8 Å². The van der Waals surface area contributed by atoms with Gasteiger partial charge < -0.3 is 5.11 Å². The van der Waals surface area contributed by atoms with Gasteiger partial charge in [-0.2, -0.15) is 0 Å². The lowest BCUT2D eigenvalue weighted by Crippen LogP contribution is -2.00. The Labute approximate surface area is 90.9 Å². The van der Waals surface area contributed by atoms with E-state index in [1.54, 1.807) is 18.2 Å². The molecule has 1 unspecified atom stereocenters. The molecule has 0 aromatic heterocycles. The summed E-state index contributed by atoms with van der Waals surface area (Å²) in [5.74, 6) is -0.305. The molecule has 0 spiro atoms. The van der Waals surface area contributed by atoms with Gasteiger partial charge in [-0.3, -0.25) is 0 Å². The van der Waals surface area contributed by atoms with Crippen LogP contribution in [-0.2, 0) is 0 Å². The Bertz CT molecular complexity index is 286. The Balaban J connectivity index is 2.40. The minimum atomic E-state index is -0.650. The molecule has 0 amide bonds. The second-order valence-electron chi connectivity index (χ2n) is 3.89.